The summed E-state index contributed by atoms with van der Waals surface area (Å²) in [4.78, 5) is 26.2. The van der Waals surface area contributed by atoms with Crippen LogP contribution in [0.4, 0.5) is 5.82 Å². The third kappa shape index (κ3) is 3.19. The molecule has 3 rings (SSSR count). The number of rotatable bonds is 5. The van der Waals surface area contributed by atoms with Gasteiger partial charge in [0.15, 0.2) is 17.0 Å². The van der Waals surface area contributed by atoms with Crippen LogP contribution in [0, 0.1) is 12.3 Å². The fourth-order valence-corrected chi connectivity index (χ4v) is 2.89. The summed E-state index contributed by atoms with van der Waals surface area (Å²) in [6, 6.07) is 0. The molecule has 1 aliphatic rings. The molecule has 2 N–H and O–H groups in total. The van der Waals surface area contributed by atoms with Crippen LogP contribution in [-0.4, -0.2) is 61.0 Å². The van der Waals surface area contributed by atoms with Gasteiger partial charge in [0.25, 0.3) is 0 Å². The van der Waals surface area contributed by atoms with Gasteiger partial charge >= 0.3 is 0 Å². The maximum absolute atomic E-state index is 12.0. The molecule has 1 aliphatic heterocycles. The van der Waals surface area contributed by atoms with Crippen molar-refractivity contribution >= 4 is 22.9 Å². The summed E-state index contributed by atoms with van der Waals surface area (Å²) in [7, 11) is 0. The van der Waals surface area contributed by atoms with Crippen LogP contribution in [0.3, 0.4) is 0 Å². The lowest BCUT2D eigenvalue weighted by molar-refractivity contribution is -0.116. The van der Waals surface area contributed by atoms with Crippen molar-refractivity contribution in [1.29, 1.82) is 0 Å². The van der Waals surface area contributed by atoms with Crippen molar-refractivity contribution in [3.8, 4) is 12.3 Å². The quantitative estimate of drug-likeness (QED) is 0.724. The SMILES string of the molecule is C#CCCN(C(C)=O)c1ncnc2c1ncn2[C@H]1C[C@H](O)[C@@H](CO)O1. The molecule has 2 aromatic rings. The molecule has 3 atom stereocenters. The summed E-state index contributed by atoms with van der Waals surface area (Å²) >= 11 is 0. The highest BCUT2D eigenvalue weighted by atomic mass is 16.5. The number of aromatic nitrogens is 4. The van der Waals surface area contributed by atoms with Crippen LogP contribution >= 0.6 is 0 Å². The summed E-state index contributed by atoms with van der Waals surface area (Å²) in [5.41, 5.74) is 0.924. The predicted octanol–water partition coefficient (Wildman–Crippen LogP) is -0.157. The van der Waals surface area contributed by atoms with Gasteiger partial charge < -0.3 is 14.9 Å². The second-order valence-corrected chi connectivity index (χ2v) is 5.76. The number of aliphatic hydroxyl groups is 2. The Hall–Kier alpha value is -2.54. The van der Waals surface area contributed by atoms with E-state index in [1.807, 2.05) is 0 Å². The Morgan fingerprint density at radius 2 is 2.32 bits per heavy atom. The molecule has 9 nitrogen and oxygen atoms in total. The van der Waals surface area contributed by atoms with Crippen molar-refractivity contribution in [2.75, 3.05) is 18.1 Å². The van der Waals surface area contributed by atoms with E-state index >= 15 is 0 Å². The van der Waals surface area contributed by atoms with Gasteiger partial charge in [-0.2, -0.15) is 0 Å². The number of amides is 1. The van der Waals surface area contributed by atoms with Crippen molar-refractivity contribution < 1.29 is 19.7 Å². The number of hydrogen-bond acceptors (Lipinski definition) is 7. The highest BCUT2D eigenvalue weighted by Gasteiger charge is 2.35. The molecule has 0 bridgehead atoms. The first-order valence-electron chi connectivity index (χ1n) is 7.90. The Morgan fingerprint density at radius 1 is 1.52 bits per heavy atom. The monoisotopic (exact) mass is 345 g/mol. The summed E-state index contributed by atoms with van der Waals surface area (Å²) in [6.45, 7) is 1.49. The van der Waals surface area contributed by atoms with Gasteiger partial charge in [0.05, 0.1) is 19.0 Å². The van der Waals surface area contributed by atoms with E-state index in [1.165, 1.54) is 24.5 Å². The molecule has 132 valence electrons. The van der Waals surface area contributed by atoms with Crippen molar-refractivity contribution in [1.82, 2.24) is 19.5 Å². The summed E-state index contributed by atoms with van der Waals surface area (Å²) in [6.07, 6.45) is 6.95. The zero-order valence-corrected chi connectivity index (χ0v) is 13.7. The molecule has 0 radical (unpaired) electrons. The van der Waals surface area contributed by atoms with Crippen LogP contribution in [0.25, 0.3) is 11.2 Å². The molecule has 0 unspecified atom stereocenters. The summed E-state index contributed by atoms with van der Waals surface area (Å²) in [5.74, 6) is 2.68. The number of carbonyl (C=O) groups excluding carboxylic acids is 1. The molecule has 2 aromatic heterocycles. The maximum atomic E-state index is 12.0. The minimum absolute atomic E-state index is 0.197. The van der Waals surface area contributed by atoms with E-state index in [1.54, 1.807) is 4.57 Å². The van der Waals surface area contributed by atoms with E-state index in [0.717, 1.165) is 0 Å². The van der Waals surface area contributed by atoms with Gasteiger partial charge in [0.1, 0.15) is 18.7 Å². The average Bonchev–Trinajstić information content (AvgIpc) is 3.18. The van der Waals surface area contributed by atoms with E-state index in [0.29, 0.717) is 36.4 Å². The number of fused-ring (bicyclic) bond motifs is 1. The molecule has 0 aromatic carbocycles. The number of anilines is 1. The standard InChI is InChI=1S/C16H19N5O4/c1-3-4-5-20(10(2)23)15-14-16(18-8-17-15)21(9-19-14)13-6-11(24)12(7-22)25-13/h1,8-9,11-13,22,24H,4-7H2,2H3/t11-,12+,13+/m0/s1. The Balaban J connectivity index is 1.98. The largest absolute Gasteiger partial charge is 0.394 e. The molecule has 9 heteroatoms. The van der Waals surface area contributed by atoms with E-state index < -0.39 is 18.4 Å². The first-order valence-corrected chi connectivity index (χ1v) is 7.90. The van der Waals surface area contributed by atoms with E-state index in [9.17, 15) is 15.0 Å². The predicted molar refractivity (Wildman–Crippen MR) is 88.4 cm³/mol. The molecule has 25 heavy (non-hydrogen) atoms. The highest BCUT2D eigenvalue weighted by Crippen LogP contribution is 2.32. The van der Waals surface area contributed by atoms with Crippen LogP contribution in [0.2, 0.25) is 0 Å². The lowest BCUT2D eigenvalue weighted by Gasteiger charge is -2.19. The Morgan fingerprint density at radius 3 is 2.96 bits per heavy atom. The molecule has 3 heterocycles. The molecule has 0 aliphatic carbocycles. The van der Waals surface area contributed by atoms with Crippen LogP contribution in [-0.2, 0) is 9.53 Å². The Labute approximate surface area is 144 Å². The van der Waals surface area contributed by atoms with E-state index in [4.69, 9.17) is 11.2 Å². The van der Waals surface area contributed by atoms with Gasteiger partial charge in [-0.05, 0) is 0 Å². The van der Waals surface area contributed by atoms with Crippen LogP contribution in [0.5, 0.6) is 0 Å². The molecule has 0 saturated carbocycles. The van der Waals surface area contributed by atoms with Gasteiger partial charge in [0, 0.05) is 26.3 Å². The number of aliphatic hydroxyl groups excluding tert-OH is 2. The van der Waals surface area contributed by atoms with Gasteiger partial charge in [-0.1, -0.05) is 0 Å². The second kappa shape index (κ2) is 7.14. The van der Waals surface area contributed by atoms with Crippen LogP contribution in [0.15, 0.2) is 12.7 Å². The summed E-state index contributed by atoms with van der Waals surface area (Å²) in [5, 5.41) is 19.1. The number of terminal acetylenes is 1. The zero-order chi connectivity index (χ0) is 18.0. The van der Waals surface area contributed by atoms with Gasteiger partial charge in [-0.3, -0.25) is 14.3 Å². The third-order valence-electron chi connectivity index (χ3n) is 4.15. The number of carbonyl (C=O) groups is 1. The van der Waals surface area contributed by atoms with Crippen LogP contribution in [0.1, 0.15) is 26.0 Å². The number of imidazole rings is 1. The molecule has 1 saturated heterocycles. The maximum Gasteiger partial charge on any atom is 0.225 e. The first kappa shape index (κ1) is 17.3. The van der Waals surface area contributed by atoms with Gasteiger partial charge in [0.2, 0.25) is 5.91 Å². The number of hydrogen-bond donors (Lipinski definition) is 2. The van der Waals surface area contributed by atoms with Crippen LogP contribution < -0.4 is 4.90 Å². The van der Waals surface area contributed by atoms with Gasteiger partial charge in [-0.25, -0.2) is 15.0 Å². The third-order valence-corrected chi connectivity index (χ3v) is 4.15. The Kier molecular flexibility index (Phi) is 4.94. The van der Waals surface area contributed by atoms with E-state index in [-0.39, 0.29) is 12.5 Å². The molecule has 1 amide bonds. The highest BCUT2D eigenvalue weighted by molar-refractivity contribution is 5.97. The smallest absolute Gasteiger partial charge is 0.225 e. The van der Waals surface area contributed by atoms with Crippen molar-refractivity contribution in [2.45, 2.75) is 38.2 Å². The summed E-state index contributed by atoms with van der Waals surface area (Å²) < 4.78 is 7.31. The molecular weight excluding hydrogens is 326 g/mol. The Bertz CT molecular complexity index is 814. The molecule has 0 spiro atoms. The van der Waals surface area contributed by atoms with Crippen molar-refractivity contribution in [2.24, 2.45) is 0 Å². The van der Waals surface area contributed by atoms with Crippen molar-refractivity contribution in [3.63, 3.8) is 0 Å². The van der Waals surface area contributed by atoms with Crippen molar-refractivity contribution in [3.05, 3.63) is 12.7 Å². The van der Waals surface area contributed by atoms with E-state index in [2.05, 4.69) is 20.9 Å². The minimum atomic E-state index is -0.766. The molecular formula is C16H19N5O4. The number of nitrogens with zero attached hydrogens (tertiary/aromatic N) is 5. The lowest BCUT2D eigenvalue weighted by Crippen LogP contribution is -2.30. The zero-order valence-electron chi connectivity index (χ0n) is 13.7. The normalized spacial score (nSPS) is 22.9. The topological polar surface area (TPSA) is 114 Å². The second-order valence-electron chi connectivity index (χ2n) is 5.76. The number of ether oxygens (including phenoxy) is 1. The fourth-order valence-electron chi connectivity index (χ4n) is 2.89. The fraction of sp³-hybridized carbons (Fsp3) is 0.500. The molecule has 1 fully saturated rings. The lowest BCUT2D eigenvalue weighted by atomic mass is 10.2. The average molecular weight is 345 g/mol. The van der Waals surface area contributed by atoms with Gasteiger partial charge in [-0.15, -0.1) is 12.3 Å². The first-order chi connectivity index (χ1) is 12.1. The minimum Gasteiger partial charge on any atom is -0.394 e.